The molecule has 0 radical (unpaired) electrons. The van der Waals surface area contributed by atoms with Gasteiger partial charge in [0.2, 0.25) is 0 Å². The average molecular weight is 342 g/mol. The molecule has 2 N–H and O–H groups in total. The monoisotopic (exact) mass is 342 g/mol. The molecule has 0 unspecified atom stereocenters. The summed E-state index contributed by atoms with van der Waals surface area (Å²) in [6, 6.07) is 18.4. The largest absolute Gasteiger partial charge is 0.340 e. The molecule has 0 spiro atoms. The molecule has 5 heteroatoms. The second-order valence-corrected chi connectivity index (χ2v) is 6.00. The number of nitrogens with one attached hydrogen (secondary N) is 2. The second kappa shape index (κ2) is 7.49. The van der Waals surface area contributed by atoms with Gasteiger partial charge in [-0.05, 0) is 67.4 Å². The molecule has 0 saturated heterocycles. The Morgan fingerprint density at radius 1 is 1.00 bits per heavy atom. The number of nitriles is 1. The first-order valence-electron chi connectivity index (χ1n) is 8.17. The van der Waals surface area contributed by atoms with E-state index in [0.29, 0.717) is 22.6 Å². The molecule has 0 saturated carbocycles. The predicted octanol–water partition coefficient (Wildman–Crippen LogP) is 4.57. The van der Waals surface area contributed by atoms with E-state index in [1.807, 2.05) is 38.1 Å². The predicted molar refractivity (Wildman–Crippen MR) is 103 cm³/mol. The molecule has 0 fully saturated rings. The second-order valence-electron chi connectivity index (χ2n) is 6.00. The number of aromatic nitrogens is 1. The number of pyridine rings is 1. The first-order valence-corrected chi connectivity index (χ1v) is 8.17. The van der Waals surface area contributed by atoms with Gasteiger partial charge in [-0.1, -0.05) is 12.1 Å². The molecule has 128 valence electrons. The molecule has 3 rings (SSSR count). The fourth-order valence-corrected chi connectivity index (χ4v) is 2.44. The van der Waals surface area contributed by atoms with Crippen LogP contribution in [0.5, 0.6) is 0 Å². The number of nitrogens with zero attached hydrogens (tertiary/aromatic N) is 2. The minimum Gasteiger partial charge on any atom is -0.340 e. The molecule has 1 aromatic heterocycles. The van der Waals surface area contributed by atoms with E-state index in [0.717, 1.165) is 16.8 Å². The minimum absolute atomic E-state index is 0.169. The Bertz CT molecular complexity index is 988. The number of benzene rings is 2. The van der Waals surface area contributed by atoms with Crippen molar-refractivity contribution in [1.82, 2.24) is 4.98 Å². The fraction of sp³-hybridized carbons (Fsp3) is 0.0952. The first kappa shape index (κ1) is 17.2. The molecule has 0 bridgehead atoms. The number of carbonyl (C=O) groups excluding carboxylic acids is 1. The highest BCUT2D eigenvalue weighted by molar-refractivity contribution is 6.04. The van der Waals surface area contributed by atoms with Crippen LogP contribution in [-0.2, 0) is 0 Å². The number of aryl methyl sites for hydroxylation is 2. The Balaban J connectivity index is 1.68. The third-order valence-electron chi connectivity index (χ3n) is 4.05. The molecular weight excluding hydrogens is 324 g/mol. The lowest BCUT2D eigenvalue weighted by molar-refractivity contribution is 0.102. The third-order valence-corrected chi connectivity index (χ3v) is 4.05. The Hall–Kier alpha value is -3.65. The molecule has 0 aliphatic heterocycles. The van der Waals surface area contributed by atoms with Gasteiger partial charge in [0.25, 0.3) is 5.91 Å². The summed E-state index contributed by atoms with van der Waals surface area (Å²) in [5, 5.41) is 14.9. The highest BCUT2D eigenvalue weighted by Crippen LogP contribution is 2.18. The van der Waals surface area contributed by atoms with Gasteiger partial charge in [0.05, 0.1) is 23.5 Å². The smallest absolute Gasteiger partial charge is 0.255 e. The minimum atomic E-state index is -0.169. The average Bonchev–Trinajstić information content (AvgIpc) is 2.65. The van der Waals surface area contributed by atoms with Crippen molar-refractivity contribution in [2.45, 2.75) is 13.8 Å². The van der Waals surface area contributed by atoms with Crippen LogP contribution in [0.3, 0.4) is 0 Å². The summed E-state index contributed by atoms with van der Waals surface area (Å²) >= 11 is 0. The van der Waals surface area contributed by atoms with E-state index in [1.54, 1.807) is 36.5 Å². The normalized spacial score (nSPS) is 10.0. The van der Waals surface area contributed by atoms with Crippen LogP contribution in [0.25, 0.3) is 0 Å². The number of hydrogen-bond acceptors (Lipinski definition) is 4. The summed E-state index contributed by atoms with van der Waals surface area (Å²) in [7, 11) is 0. The number of anilines is 3. The highest BCUT2D eigenvalue weighted by Gasteiger charge is 2.07. The van der Waals surface area contributed by atoms with E-state index in [-0.39, 0.29) is 5.91 Å². The molecule has 0 aliphatic rings. The van der Waals surface area contributed by atoms with Gasteiger partial charge in [0.15, 0.2) is 0 Å². The third kappa shape index (κ3) is 4.05. The highest BCUT2D eigenvalue weighted by atomic mass is 16.1. The van der Waals surface area contributed by atoms with Gasteiger partial charge in [0, 0.05) is 11.3 Å². The van der Waals surface area contributed by atoms with Crippen molar-refractivity contribution in [3.63, 3.8) is 0 Å². The molecular formula is C21H18N4O. The zero-order valence-electron chi connectivity index (χ0n) is 14.6. The van der Waals surface area contributed by atoms with Crippen LogP contribution in [0.2, 0.25) is 0 Å². The van der Waals surface area contributed by atoms with Gasteiger partial charge < -0.3 is 10.6 Å². The maximum atomic E-state index is 12.3. The van der Waals surface area contributed by atoms with Crippen molar-refractivity contribution >= 4 is 23.1 Å². The van der Waals surface area contributed by atoms with Crippen molar-refractivity contribution in [1.29, 1.82) is 5.26 Å². The summed E-state index contributed by atoms with van der Waals surface area (Å²) in [5.41, 5.74) is 4.82. The van der Waals surface area contributed by atoms with E-state index in [2.05, 4.69) is 21.7 Å². The standard InChI is InChI=1S/C21H18N4O/c1-14-6-7-17(10-15(14)2)21(26)25-19-8-9-20(23-13-19)24-18-5-3-4-16(11-18)12-22/h3-11,13H,1-2H3,(H,23,24)(H,25,26). The van der Waals surface area contributed by atoms with E-state index in [4.69, 9.17) is 5.26 Å². The number of carbonyl (C=O) groups is 1. The van der Waals surface area contributed by atoms with Crippen LogP contribution < -0.4 is 10.6 Å². The molecule has 1 heterocycles. The van der Waals surface area contributed by atoms with Crippen molar-refractivity contribution in [2.24, 2.45) is 0 Å². The van der Waals surface area contributed by atoms with Gasteiger partial charge in [-0.25, -0.2) is 4.98 Å². The van der Waals surface area contributed by atoms with Crippen molar-refractivity contribution < 1.29 is 4.79 Å². The Morgan fingerprint density at radius 3 is 2.54 bits per heavy atom. The van der Waals surface area contributed by atoms with E-state index in [1.165, 1.54) is 0 Å². The fourth-order valence-electron chi connectivity index (χ4n) is 2.44. The molecule has 26 heavy (non-hydrogen) atoms. The van der Waals surface area contributed by atoms with E-state index < -0.39 is 0 Å². The summed E-state index contributed by atoms with van der Waals surface area (Å²) in [5.74, 6) is 0.460. The molecule has 2 aromatic carbocycles. The van der Waals surface area contributed by atoms with Crippen LogP contribution in [-0.4, -0.2) is 10.9 Å². The Morgan fingerprint density at radius 2 is 1.85 bits per heavy atom. The zero-order chi connectivity index (χ0) is 18.5. The number of amides is 1. The molecule has 1 amide bonds. The van der Waals surface area contributed by atoms with Crippen LogP contribution in [0, 0.1) is 25.2 Å². The number of hydrogen-bond donors (Lipinski definition) is 2. The summed E-state index contributed by atoms with van der Waals surface area (Å²) in [6.45, 7) is 3.99. The van der Waals surface area contributed by atoms with Crippen molar-refractivity contribution in [3.05, 3.63) is 83.0 Å². The van der Waals surface area contributed by atoms with Gasteiger partial charge in [0.1, 0.15) is 5.82 Å². The maximum Gasteiger partial charge on any atom is 0.255 e. The summed E-state index contributed by atoms with van der Waals surface area (Å²) < 4.78 is 0. The molecule has 0 aliphatic carbocycles. The van der Waals surface area contributed by atoms with Gasteiger partial charge in [-0.2, -0.15) is 5.26 Å². The zero-order valence-corrected chi connectivity index (χ0v) is 14.6. The van der Waals surface area contributed by atoms with Crippen LogP contribution in [0.1, 0.15) is 27.0 Å². The Kier molecular flexibility index (Phi) is 4.95. The van der Waals surface area contributed by atoms with Crippen molar-refractivity contribution in [2.75, 3.05) is 10.6 Å². The lowest BCUT2D eigenvalue weighted by atomic mass is 10.1. The topological polar surface area (TPSA) is 77.8 Å². The summed E-state index contributed by atoms with van der Waals surface area (Å²) in [6.07, 6.45) is 1.59. The Labute approximate surface area is 152 Å². The lowest BCUT2D eigenvalue weighted by Crippen LogP contribution is -2.12. The quantitative estimate of drug-likeness (QED) is 0.728. The molecule has 0 atom stereocenters. The van der Waals surface area contributed by atoms with Crippen LogP contribution in [0.15, 0.2) is 60.8 Å². The van der Waals surface area contributed by atoms with Gasteiger partial charge in [-0.15, -0.1) is 0 Å². The summed E-state index contributed by atoms with van der Waals surface area (Å²) in [4.78, 5) is 16.6. The molecule has 5 nitrogen and oxygen atoms in total. The van der Waals surface area contributed by atoms with Gasteiger partial charge in [-0.3, -0.25) is 4.79 Å². The van der Waals surface area contributed by atoms with Crippen LogP contribution >= 0.6 is 0 Å². The maximum absolute atomic E-state index is 12.3. The van der Waals surface area contributed by atoms with Crippen LogP contribution in [0.4, 0.5) is 17.2 Å². The first-order chi connectivity index (χ1) is 12.5. The van der Waals surface area contributed by atoms with Gasteiger partial charge >= 0.3 is 0 Å². The molecule has 3 aromatic rings. The lowest BCUT2D eigenvalue weighted by Gasteiger charge is -2.09. The number of rotatable bonds is 4. The SMILES string of the molecule is Cc1ccc(C(=O)Nc2ccc(Nc3cccc(C#N)c3)nc2)cc1C. The van der Waals surface area contributed by atoms with Crippen molar-refractivity contribution in [3.8, 4) is 6.07 Å². The van der Waals surface area contributed by atoms with E-state index in [9.17, 15) is 4.79 Å². The van der Waals surface area contributed by atoms with E-state index >= 15 is 0 Å².